The zero-order valence-corrected chi connectivity index (χ0v) is 17.3. The smallest absolute Gasteiger partial charge is 0.227 e. The molecule has 1 aromatic rings. The largest absolute Gasteiger partial charge is 0.378 e. The molecule has 0 spiro atoms. The molecule has 3 aliphatic rings. The minimum absolute atomic E-state index is 0.128. The molecule has 0 aromatic carbocycles. The number of rotatable bonds is 3. The molecule has 0 radical (unpaired) electrons. The maximum atomic E-state index is 12.9. The van der Waals surface area contributed by atoms with Crippen LogP contribution in [0.1, 0.15) is 36.9 Å². The Morgan fingerprint density at radius 3 is 2.62 bits per heavy atom. The molecule has 0 bridgehead atoms. The lowest BCUT2D eigenvalue weighted by Crippen LogP contribution is -2.52. The fraction of sp³-hybridized carbons (Fsp3) is 0.682. The summed E-state index contributed by atoms with van der Waals surface area (Å²) in [4.78, 5) is 24.3. The number of piperidine rings is 2. The number of anilines is 1. The summed E-state index contributed by atoms with van der Waals surface area (Å²) in [5.41, 5.74) is 1.60. The number of morpholine rings is 1. The molecule has 4 heterocycles. The molecule has 7 nitrogen and oxygen atoms in total. The maximum absolute atomic E-state index is 12.9. The predicted molar refractivity (Wildman–Crippen MR) is 111 cm³/mol. The number of nitrogens with zero attached hydrogens (tertiary/aromatic N) is 5. The van der Waals surface area contributed by atoms with Crippen molar-refractivity contribution < 1.29 is 9.53 Å². The highest BCUT2D eigenvalue weighted by Gasteiger charge is 2.34. The van der Waals surface area contributed by atoms with Gasteiger partial charge in [-0.2, -0.15) is 5.26 Å². The Bertz CT molecular complexity index is 763. The van der Waals surface area contributed by atoms with Crippen LogP contribution in [0.15, 0.2) is 12.1 Å². The summed E-state index contributed by atoms with van der Waals surface area (Å²) in [7, 11) is 0. The van der Waals surface area contributed by atoms with E-state index in [-0.39, 0.29) is 5.92 Å². The number of ether oxygens (including phenoxy) is 1. The van der Waals surface area contributed by atoms with Gasteiger partial charge in [-0.15, -0.1) is 0 Å². The molecular formula is C22H31N5O2. The normalized spacial score (nSPS) is 24.3. The lowest BCUT2D eigenvalue weighted by Gasteiger charge is -2.43. The number of amides is 1. The minimum Gasteiger partial charge on any atom is -0.378 e. The number of hydrogen-bond acceptors (Lipinski definition) is 6. The van der Waals surface area contributed by atoms with Gasteiger partial charge in [0.15, 0.2) is 0 Å². The van der Waals surface area contributed by atoms with Crippen LogP contribution in [0.5, 0.6) is 0 Å². The van der Waals surface area contributed by atoms with Crippen LogP contribution in [-0.2, 0) is 9.53 Å². The van der Waals surface area contributed by atoms with E-state index in [1.807, 2.05) is 24.0 Å². The van der Waals surface area contributed by atoms with Gasteiger partial charge < -0.3 is 14.5 Å². The van der Waals surface area contributed by atoms with Crippen LogP contribution in [0.3, 0.4) is 0 Å². The Hall–Kier alpha value is -2.17. The summed E-state index contributed by atoms with van der Waals surface area (Å²) in [6.07, 6.45) is 4.21. The highest BCUT2D eigenvalue weighted by Crippen LogP contribution is 2.28. The summed E-state index contributed by atoms with van der Waals surface area (Å²) >= 11 is 0. The number of carbonyl (C=O) groups is 1. The van der Waals surface area contributed by atoms with E-state index in [1.54, 1.807) is 0 Å². The van der Waals surface area contributed by atoms with Crippen molar-refractivity contribution in [2.75, 3.05) is 57.4 Å². The van der Waals surface area contributed by atoms with Gasteiger partial charge in [-0.1, -0.05) is 0 Å². The molecule has 3 fully saturated rings. The van der Waals surface area contributed by atoms with Crippen LogP contribution >= 0.6 is 0 Å². The SMILES string of the molecule is Cc1ccc(C#N)c(N2CCC(N3CCCC(C(=O)N4CCOCC4)C3)CC2)n1. The Kier molecular flexibility index (Phi) is 6.31. The number of aryl methyl sites for hydroxylation is 1. The first-order valence-electron chi connectivity index (χ1n) is 10.9. The molecule has 7 heteroatoms. The first-order valence-corrected chi connectivity index (χ1v) is 10.9. The third kappa shape index (κ3) is 4.54. The molecular weight excluding hydrogens is 366 g/mol. The first-order chi connectivity index (χ1) is 14.2. The van der Waals surface area contributed by atoms with Gasteiger partial charge in [-0.05, 0) is 51.3 Å². The Balaban J connectivity index is 1.34. The number of pyridine rings is 1. The Morgan fingerprint density at radius 1 is 1.14 bits per heavy atom. The highest BCUT2D eigenvalue weighted by atomic mass is 16.5. The summed E-state index contributed by atoms with van der Waals surface area (Å²) in [6.45, 7) is 8.56. The fourth-order valence-electron chi connectivity index (χ4n) is 4.90. The zero-order chi connectivity index (χ0) is 20.2. The van der Waals surface area contributed by atoms with Crippen LogP contribution in [0.4, 0.5) is 5.82 Å². The minimum atomic E-state index is 0.128. The number of aromatic nitrogens is 1. The molecule has 3 aliphatic heterocycles. The third-order valence-corrected chi connectivity index (χ3v) is 6.54. The van der Waals surface area contributed by atoms with Crippen LogP contribution in [-0.4, -0.2) is 79.2 Å². The van der Waals surface area contributed by atoms with Crippen molar-refractivity contribution in [3.05, 3.63) is 23.4 Å². The van der Waals surface area contributed by atoms with E-state index in [1.165, 1.54) is 0 Å². The number of likely N-dealkylation sites (tertiary alicyclic amines) is 1. The van der Waals surface area contributed by atoms with Gasteiger partial charge in [0.2, 0.25) is 5.91 Å². The maximum Gasteiger partial charge on any atom is 0.227 e. The number of hydrogen-bond donors (Lipinski definition) is 0. The number of nitriles is 1. The standard InChI is InChI=1S/C22H31N5O2/c1-17-4-5-18(15-23)21(24-17)25-9-6-20(7-10-25)27-8-2-3-19(16-27)22(28)26-11-13-29-14-12-26/h4-5,19-20H,2-3,6-14,16H2,1H3. The van der Waals surface area contributed by atoms with E-state index in [0.29, 0.717) is 30.7 Å². The van der Waals surface area contributed by atoms with E-state index >= 15 is 0 Å². The quantitative estimate of drug-likeness (QED) is 0.774. The summed E-state index contributed by atoms with van der Waals surface area (Å²) in [5, 5.41) is 9.42. The third-order valence-electron chi connectivity index (χ3n) is 6.54. The van der Waals surface area contributed by atoms with Crippen molar-refractivity contribution in [3.63, 3.8) is 0 Å². The first kappa shape index (κ1) is 20.1. The van der Waals surface area contributed by atoms with E-state index in [4.69, 9.17) is 4.74 Å². The highest BCUT2D eigenvalue weighted by molar-refractivity contribution is 5.79. The van der Waals surface area contributed by atoms with Crippen molar-refractivity contribution in [2.24, 2.45) is 5.92 Å². The zero-order valence-electron chi connectivity index (χ0n) is 17.3. The summed E-state index contributed by atoms with van der Waals surface area (Å²) in [5.74, 6) is 1.27. The molecule has 1 unspecified atom stereocenters. The molecule has 0 aliphatic carbocycles. The molecule has 4 rings (SSSR count). The van der Waals surface area contributed by atoms with E-state index in [2.05, 4.69) is 20.9 Å². The van der Waals surface area contributed by atoms with E-state index in [9.17, 15) is 10.1 Å². The van der Waals surface area contributed by atoms with Crippen molar-refractivity contribution >= 4 is 11.7 Å². The van der Waals surface area contributed by atoms with Crippen LogP contribution in [0.25, 0.3) is 0 Å². The summed E-state index contributed by atoms with van der Waals surface area (Å²) < 4.78 is 5.39. The van der Waals surface area contributed by atoms with Crippen molar-refractivity contribution in [3.8, 4) is 6.07 Å². The average molecular weight is 398 g/mol. The lowest BCUT2D eigenvalue weighted by molar-refractivity contribution is -0.141. The molecule has 1 aromatic heterocycles. The van der Waals surface area contributed by atoms with Crippen molar-refractivity contribution in [1.29, 1.82) is 5.26 Å². The molecule has 1 atom stereocenters. The monoisotopic (exact) mass is 397 g/mol. The van der Waals surface area contributed by atoms with Crippen molar-refractivity contribution in [2.45, 2.75) is 38.6 Å². The molecule has 3 saturated heterocycles. The lowest BCUT2D eigenvalue weighted by atomic mass is 9.92. The fourth-order valence-corrected chi connectivity index (χ4v) is 4.90. The average Bonchev–Trinajstić information content (AvgIpc) is 2.79. The van der Waals surface area contributed by atoms with Crippen LogP contribution < -0.4 is 4.90 Å². The van der Waals surface area contributed by atoms with Gasteiger partial charge >= 0.3 is 0 Å². The second kappa shape index (κ2) is 9.10. The topological polar surface area (TPSA) is 72.7 Å². The van der Waals surface area contributed by atoms with Gasteiger partial charge in [0.25, 0.3) is 0 Å². The van der Waals surface area contributed by atoms with Crippen LogP contribution in [0.2, 0.25) is 0 Å². The molecule has 1 amide bonds. The van der Waals surface area contributed by atoms with Gasteiger partial charge in [0, 0.05) is 44.5 Å². The van der Waals surface area contributed by atoms with Gasteiger partial charge in [0.05, 0.1) is 24.7 Å². The molecule has 156 valence electrons. The van der Waals surface area contributed by atoms with E-state index in [0.717, 1.165) is 76.5 Å². The molecule has 0 N–H and O–H groups in total. The second-order valence-corrected chi connectivity index (χ2v) is 8.43. The Labute approximate surface area is 173 Å². The predicted octanol–water partition coefficient (Wildman–Crippen LogP) is 1.80. The van der Waals surface area contributed by atoms with Gasteiger partial charge in [-0.3, -0.25) is 9.69 Å². The second-order valence-electron chi connectivity index (χ2n) is 8.43. The van der Waals surface area contributed by atoms with E-state index < -0.39 is 0 Å². The number of carbonyl (C=O) groups excluding carboxylic acids is 1. The van der Waals surface area contributed by atoms with Crippen LogP contribution in [0, 0.1) is 24.2 Å². The molecule has 0 saturated carbocycles. The van der Waals surface area contributed by atoms with Gasteiger partial charge in [0.1, 0.15) is 11.9 Å². The molecule has 29 heavy (non-hydrogen) atoms. The van der Waals surface area contributed by atoms with Gasteiger partial charge in [-0.25, -0.2) is 4.98 Å². The Morgan fingerprint density at radius 2 is 1.90 bits per heavy atom. The summed E-state index contributed by atoms with van der Waals surface area (Å²) in [6, 6.07) is 6.56. The van der Waals surface area contributed by atoms with Crippen molar-refractivity contribution in [1.82, 2.24) is 14.8 Å².